The molecule has 0 spiro atoms. The third kappa shape index (κ3) is 5.32. The number of carbonyl (C=O) groups excluding carboxylic acids is 2. The van der Waals surface area contributed by atoms with E-state index in [1.165, 1.54) is 0 Å². The molecule has 0 unspecified atom stereocenters. The molecule has 0 saturated heterocycles. The second-order valence-electron chi connectivity index (χ2n) is 7.30. The Hall–Kier alpha value is -2.84. The van der Waals surface area contributed by atoms with Crippen molar-refractivity contribution in [3.63, 3.8) is 0 Å². The van der Waals surface area contributed by atoms with Crippen LogP contribution in [0.4, 0.5) is 10.6 Å². The minimum Gasteiger partial charge on any atom is -0.449 e. The maximum Gasteiger partial charge on any atom is 0.407 e. The third-order valence-electron chi connectivity index (χ3n) is 4.41. The van der Waals surface area contributed by atoms with Crippen molar-refractivity contribution in [3.8, 4) is 0 Å². The summed E-state index contributed by atoms with van der Waals surface area (Å²) < 4.78 is 10.2. The van der Waals surface area contributed by atoms with Gasteiger partial charge in [-0.15, -0.1) is 0 Å². The van der Waals surface area contributed by atoms with Gasteiger partial charge in [0.2, 0.25) is 5.91 Å². The van der Waals surface area contributed by atoms with Crippen molar-refractivity contribution < 1.29 is 18.8 Å². The molecular weight excluding hydrogens is 350 g/mol. The van der Waals surface area contributed by atoms with Gasteiger partial charge in [0.15, 0.2) is 5.82 Å². The fraction of sp³-hybridized carbons (Fsp3) is 0.556. The first-order valence-electron chi connectivity index (χ1n) is 9.09. The van der Waals surface area contributed by atoms with Crippen LogP contribution in [0.15, 0.2) is 16.7 Å². The number of H-pyrrole nitrogens is 1. The zero-order chi connectivity index (χ0) is 19.4. The van der Waals surface area contributed by atoms with Gasteiger partial charge < -0.3 is 19.9 Å². The Bertz CT molecular complexity index is 791. The maximum absolute atomic E-state index is 12.0. The summed E-state index contributed by atoms with van der Waals surface area (Å²) in [6, 6.07) is 3.64. The van der Waals surface area contributed by atoms with E-state index in [1.54, 1.807) is 13.0 Å². The van der Waals surface area contributed by atoms with Gasteiger partial charge in [0.1, 0.15) is 5.76 Å². The highest BCUT2D eigenvalue weighted by Crippen LogP contribution is 2.41. The average molecular weight is 375 g/mol. The van der Waals surface area contributed by atoms with Crippen molar-refractivity contribution in [2.45, 2.75) is 52.0 Å². The smallest absolute Gasteiger partial charge is 0.407 e. The summed E-state index contributed by atoms with van der Waals surface area (Å²) in [7, 11) is 0. The summed E-state index contributed by atoms with van der Waals surface area (Å²) in [5.41, 5.74) is 1.72. The summed E-state index contributed by atoms with van der Waals surface area (Å²) in [6.07, 6.45) is 1.58. The fourth-order valence-corrected chi connectivity index (χ4v) is 3.05. The van der Waals surface area contributed by atoms with Crippen LogP contribution in [0.2, 0.25) is 0 Å². The number of ether oxygens (including phenoxy) is 1. The SMILES string of the molecule is Cc1cc(CC(=O)Nc2cc([C@H]3C[C@@H](COC(=O)NC(C)C)C3)[nH]n2)on1. The number of aromatic amines is 1. The molecule has 3 N–H and O–H groups in total. The topological polar surface area (TPSA) is 122 Å². The minimum atomic E-state index is -0.373. The molecule has 0 radical (unpaired) electrons. The summed E-state index contributed by atoms with van der Waals surface area (Å²) in [4.78, 5) is 23.5. The number of amides is 2. The van der Waals surface area contributed by atoms with Gasteiger partial charge in [-0.05, 0) is 39.5 Å². The van der Waals surface area contributed by atoms with Gasteiger partial charge in [0, 0.05) is 29.8 Å². The maximum atomic E-state index is 12.0. The van der Waals surface area contributed by atoms with Crippen molar-refractivity contribution >= 4 is 17.8 Å². The highest BCUT2D eigenvalue weighted by atomic mass is 16.5. The Kier molecular flexibility index (Phi) is 5.78. The number of rotatable bonds is 7. The number of anilines is 1. The van der Waals surface area contributed by atoms with Crippen molar-refractivity contribution in [2.75, 3.05) is 11.9 Å². The number of nitrogens with zero attached hydrogens (tertiary/aromatic N) is 2. The Labute approximate surface area is 157 Å². The predicted octanol–water partition coefficient (Wildman–Crippen LogP) is 2.52. The molecule has 0 aliphatic heterocycles. The van der Waals surface area contributed by atoms with Crippen LogP contribution in [0.5, 0.6) is 0 Å². The average Bonchev–Trinajstić information content (AvgIpc) is 3.14. The molecule has 1 aliphatic rings. The molecule has 3 rings (SSSR count). The highest BCUT2D eigenvalue weighted by molar-refractivity contribution is 5.91. The second-order valence-corrected chi connectivity index (χ2v) is 7.30. The Morgan fingerprint density at radius 2 is 2.15 bits per heavy atom. The zero-order valence-electron chi connectivity index (χ0n) is 15.7. The summed E-state index contributed by atoms with van der Waals surface area (Å²) >= 11 is 0. The van der Waals surface area contributed by atoms with E-state index in [9.17, 15) is 9.59 Å². The lowest BCUT2D eigenvalue weighted by molar-refractivity contribution is -0.115. The first kappa shape index (κ1) is 18.9. The molecule has 2 aromatic heterocycles. The molecule has 0 aromatic carbocycles. The lowest BCUT2D eigenvalue weighted by atomic mass is 9.74. The van der Waals surface area contributed by atoms with Gasteiger partial charge in [0.25, 0.3) is 0 Å². The van der Waals surface area contributed by atoms with Crippen molar-refractivity contribution in [2.24, 2.45) is 5.92 Å². The van der Waals surface area contributed by atoms with Crippen LogP contribution in [-0.4, -0.2) is 40.0 Å². The van der Waals surface area contributed by atoms with E-state index < -0.39 is 0 Å². The molecule has 146 valence electrons. The number of hydrogen-bond donors (Lipinski definition) is 3. The van der Waals surface area contributed by atoms with Gasteiger partial charge in [0.05, 0.1) is 18.7 Å². The fourth-order valence-electron chi connectivity index (χ4n) is 3.05. The highest BCUT2D eigenvalue weighted by Gasteiger charge is 2.32. The van der Waals surface area contributed by atoms with Crippen molar-refractivity contribution in [1.29, 1.82) is 0 Å². The van der Waals surface area contributed by atoms with Gasteiger partial charge >= 0.3 is 6.09 Å². The Morgan fingerprint density at radius 1 is 1.37 bits per heavy atom. The number of carbonyl (C=O) groups is 2. The van der Waals surface area contributed by atoms with E-state index in [0.29, 0.717) is 30.0 Å². The third-order valence-corrected chi connectivity index (χ3v) is 4.41. The summed E-state index contributed by atoms with van der Waals surface area (Å²) in [6.45, 7) is 6.01. The van der Waals surface area contributed by atoms with Crippen LogP contribution in [-0.2, 0) is 16.0 Å². The Morgan fingerprint density at radius 3 is 2.81 bits per heavy atom. The van der Waals surface area contributed by atoms with Crippen molar-refractivity contribution in [1.82, 2.24) is 20.7 Å². The van der Waals surface area contributed by atoms with Crippen molar-refractivity contribution in [3.05, 3.63) is 29.3 Å². The van der Waals surface area contributed by atoms with E-state index in [0.717, 1.165) is 24.2 Å². The molecule has 0 bridgehead atoms. The van der Waals surface area contributed by atoms with Crippen LogP contribution < -0.4 is 10.6 Å². The van der Waals surface area contributed by atoms with E-state index in [1.807, 2.05) is 19.9 Å². The molecule has 27 heavy (non-hydrogen) atoms. The number of hydrogen-bond acceptors (Lipinski definition) is 6. The number of alkyl carbamates (subject to hydrolysis) is 1. The normalized spacial score (nSPS) is 18.8. The molecule has 2 amide bonds. The molecule has 1 fully saturated rings. The predicted molar refractivity (Wildman–Crippen MR) is 97.2 cm³/mol. The van der Waals surface area contributed by atoms with Crippen LogP contribution in [0.25, 0.3) is 0 Å². The number of aromatic nitrogens is 3. The van der Waals surface area contributed by atoms with Gasteiger partial charge in [-0.2, -0.15) is 5.10 Å². The van der Waals surface area contributed by atoms with E-state index in [-0.39, 0.29) is 24.5 Å². The molecule has 2 aromatic rings. The second kappa shape index (κ2) is 8.24. The lowest BCUT2D eigenvalue weighted by Crippen LogP contribution is -2.34. The standard InChI is InChI=1S/C18H25N5O4/c1-10(2)19-18(25)26-9-12-5-13(6-12)15-8-16(22-21-15)20-17(24)7-14-4-11(3)23-27-14/h4,8,10,12-13H,5-7,9H2,1-3H3,(H,19,25)(H2,20,21,22,24)/t12-,13+. The molecule has 0 atom stereocenters. The van der Waals surface area contributed by atoms with Gasteiger partial charge in [-0.1, -0.05) is 5.16 Å². The molecule has 1 aliphatic carbocycles. The first-order chi connectivity index (χ1) is 12.9. The summed E-state index contributed by atoms with van der Waals surface area (Å²) in [5, 5.41) is 16.3. The van der Waals surface area contributed by atoms with Gasteiger partial charge in [-0.3, -0.25) is 9.89 Å². The van der Waals surface area contributed by atoms with Crippen LogP contribution in [0.1, 0.15) is 49.8 Å². The quantitative estimate of drug-likeness (QED) is 0.683. The summed E-state index contributed by atoms with van der Waals surface area (Å²) in [5.74, 6) is 1.48. The van der Waals surface area contributed by atoms with Gasteiger partial charge in [-0.25, -0.2) is 4.79 Å². The molecular formula is C18H25N5O4. The first-order valence-corrected chi connectivity index (χ1v) is 9.09. The van der Waals surface area contributed by atoms with Crippen LogP contribution in [0, 0.1) is 12.8 Å². The molecule has 9 heteroatoms. The number of nitrogens with one attached hydrogen (secondary N) is 3. The largest absolute Gasteiger partial charge is 0.449 e. The van der Waals surface area contributed by atoms with Crippen LogP contribution >= 0.6 is 0 Å². The molecule has 1 saturated carbocycles. The lowest BCUT2D eigenvalue weighted by Gasteiger charge is -2.34. The zero-order valence-corrected chi connectivity index (χ0v) is 15.7. The minimum absolute atomic E-state index is 0.0679. The van der Waals surface area contributed by atoms with Crippen LogP contribution in [0.3, 0.4) is 0 Å². The number of aryl methyl sites for hydroxylation is 1. The van der Waals surface area contributed by atoms with E-state index >= 15 is 0 Å². The molecule has 2 heterocycles. The molecule has 9 nitrogen and oxygen atoms in total. The van der Waals surface area contributed by atoms with E-state index in [2.05, 4.69) is 26.0 Å². The van der Waals surface area contributed by atoms with E-state index in [4.69, 9.17) is 9.26 Å². The Balaban J connectivity index is 1.40. The monoisotopic (exact) mass is 375 g/mol.